The Morgan fingerprint density at radius 2 is 2.29 bits per heavy atom. The van der Waals surface area contributed by atoms with Crippen LogP contribution in [0.4, 0.5) is 5.69 Å². The average Bonchev–Trinajstić information content (AvgIpc) is 2.13. The van der Waals surface area contributed by atoms with E-state index in [-0.39, 0.29) is 11.1 Å². The zero-order valence-electron chi connectivity index (χ0n) is 8.52. The van der Waals surface area contributed by atoms with Crippen LogP contribution in [0.5, 0.6) is 0 Å². The fourth-order valence-electron chi connectivity index (χ4n) is 0.924. The summed E-state index contributed by atoms with van der Waals surface area (Å²) >= 11 is 3.22. The van der Waals surface area contributed by atoms with Crippen molar-refractivity contribution in [3.05, 3.63) is 21.0 Å². The molecule has 14 heavy (non-hydrogen) atoms. The standard InChI is InChI=1S/C9H14BrN3O/c1-4-9(2,3)12-6-5-11-13-8(14)7(6)10/h5H,4H2,1-3H3,(H2,12,13,14). The van der Waals surface area contributed by atoms with Crippen LogP contribution in [0.1, 0.15) is 27.2 Å². The predicted molar refractivity (Wildman–Crippen MR) is 60.6 cm³/mol. The van der Waals surface area contributed by atoms with Crippen LogP contribution < -0.4 is 10.9 Å². The Hall–Kier alpha value is -0.840. The Morgan fingerprint density at radius 3 is 2.86 bits per heavy atom. The number of hydrogen-bond acceptors (Lipinski definition) is 3. The summed E-state index contributed by atoms with van der Waals surface area (Å²) in [5, 5.41) is 9.33. The van der Waals surface area contributed by atoms with Crippen molar-refractivity contribution in [1.29, 1.82) is 0 Å². The van der Waals surface area contributed by atoms with Gasteiger partial charge in [-0.1, -0.05) is 6.92 Å². The molecule has 0 aliphatic rings. The Balaban J connectivity index is 2.98. The van der Waals surface area contributed by atoms with E-state index < -0.39 is 0 Å². The van der Waals surface area contributed by atoms with Crippen LogP contribution in [-0.2, 0) is 0 Å². The minimum absolute atomic E-state index is 0.0437. The number of H-pyrrole nitrogens is 1. The monoisotopic (exact) mass is 259 g/mol. The molecule has 0 aromatic carbocycles. The van der Waals surface area contributed by atoms with E-state index in [0.29, 0.717) is 4.47 Å². The van der Waals surface area contributed by atoms with Crippen LogP contribution in [0, 0.1) is 0 Å². The molecule has 0 bridgehead atoms. The lowest BCUT2D eigenvalue weighted by atomic mass is 10.0. The number of rotatable bonds is 3. The van der Waals surface area contributed by atoms with Crippen molar-refractivity contribution in [3.8, 4) is 0 Å². The van der Waals surface area contributed by atoms with Gasteiger partial charge in [-0.25, -0.2) is 5.10 Å². The lowest BCUT2D eigenvalue weighted by Crippen LogP contribution is -2.30. The van der Waals surface area contributed by atoms with Crippen LogP contribution in [0.2, 0.25) is 0 Å². The van der Waals surface area contributed by atoms with Crippen molar-refractivity contribution in [2.75, 3.05) is 5.32 Å². The van der Waals surface area contributed by atoms with Crippen LogP contribution in [0.15, 0.2) is 15.5 Å². The third kappa shape index (κ3) is 2.57. The van der Waals surface area contributed by atoms with E-state index in [4.69, 9.17) is 0 Å². The zero-order valence-corrected chi connectivity index (χ0v) is 10.1. The molecule has 2 N–H and O–H groups in total. The molecule has 0 amide bonds. The number of nitrogens with zero attached hydrogens (tertiary/aromatic N) is 1. The molecule has 4 nitrogen and oxygen atoms in total. The minimum atomic E-state index is -0.220. The predicted octanol–water partition coefficient (Wildman–Crippen LogP) is 2.13. The third-order valence-electron chi connectivity index (χ3n) is 2.15. The summed E-state index contributed by atoms with van der Waals surface area (Å²) in [6, 6.07) is 0. The van der Waals surface area contributed by atoms with E-state index >= 15 is 0 Å². The molecule has 0 unspecified atom stereocenters. The number of halogens is 1. The first kappa shape index (κ1) is 11.2. The van der Waals surface area contributed by atoms with Gasteiger partial charge < -0.3 is 5.32 Å². The third-order valence-corrected chi connectivity index (χ3v) is 2.94. The Bertz CT molecular complexity index is 373. The number of anilines is 1. The normalized spacial score (nSPS) is 11.4. The second kappa shape index (κ2) is 4.13. The van der Waals surface area contributed by atoms with Crippen molar-refractivity contribution < 1.29 is 0 Å². The maximum Gasteiger partial charge on any atom is 0.280 e. The second-order valence-electron chi connectivity index (χ2n) is 3.79. The molecule has 1 heterocycles. The highest BCUT2D eigenvalue weighted by molar-refractivity contribution is 9.10. The summed E-state index contributed by atoms with van der Waals surface area (Å²) < 4.78 is 0.494. The van der Waals surface area contributed by atoms with E-state index in [1.807, 2.05) is 0 Å². The van der Waals surface area contributed by atoms with Crippen molar-refractivity contribution in [1.82, 2.24) is 10.2 Å². The molecule has 1 aromatic heterocycles. The molecule has 78 valence electrons. The van der Waals surface area contributed by atoms with Gasteiger partial charge in [0.15, 0.2) is 0 Å². The quantitative estimate of drug-likeness (QED) is 0.875. The van der Waals surface area contributed by atoms with Gasteiger partial charge in [0.25, 0.3) is 5.56 Å². The number of aromatic nitrogens is 2. The van der Waals surface area contributed by atoms with E-state index in [9.17, 15) is 4.79 Å². The summed E-state index contributed by atoms with van der Waals surface area (Å²) in [7, 11) is 0. The second-order valence-corrected chi connectivity index (χ2v) is 4.58. The van der Waals surface area contributed by atoms with E-state index in [1.54, 1.807) is 6.20 Å². The van der Waals surface area contributed by atoms with Gasteiger partial charge in [-0.2, -0.15) is 5.10 Å². The highest BCUT2D eigenvalue weighted by Crippen LogP contribution is 2.21. The molecule has 1 rings (SSSR count). The first-order valence-corrected chi connectivity index (χ1v) is 5.27. The molecule has 0 spiro atoms. The van der Waals surface area contributed by atoms with Gasteiger partial charge in [0, 0.05) is 5.54 Å². The molecule has 0 saturated carbocycles. The van der Waals surface area contributed by atoms with Crippen molar-refractivity contribution >= 4 is 21.6 Å². The minimum Gasteiger partial charge on any atom is -0.378 e. The number of aromatic amines is 1. The van der Waals surface area contributed by atoms with Gasteiger partial charge in [0.2, 0.25) is 0 Å². The van der Waals surface area contributed by atoms with Crippen LogP contribution in [-0.4, -0.2) is 15.7 Å². The van der Waals surface area contributed by atoms with E-state index in [0.717, 1.165) is 12.1 Å². The van der Waals surface area contributed by atoms with Gasteiger partial charge in [-0.15, -0.1) is 0 Å². The maximum absolute atomic E-state index is 11.2. The SMILES string of the molecule is CCC(C)(C)Nc1cn[nH]c(=O)c1Br. The van der Waals surface area contributed by atoms with Crippen molar-refractivity contribution in [2.45, 2.75) is 32.7 Å². The topological polar surface area (TPSA) is 57.8 Å². The summed E-state index contributed by atoms with van der Waals surface area (Å²) in [5.41, 5.74) is 0.459. The summed E-state index contributed by atoms with van der Waals surface area (Å²) in [6.45, 7) is 6.22. The van der Waals surface area contributed by atoms with Crippen LogP contribution in [0.25, 0.3) is 0 Å². The van der Waals surface area contributed by atoms with Gasteiger partial charge in [0.05, 0.1) is 11.9 Å². The van der Waals surface area contributed by atoms with Gasteiger partial charge in [-0.05, 0) is 36.2 Å². The molecule has 0 saturated heterocycles. The lowest BCUT2D eigenvalue weighted by Gasteiger charge is -2.25. The lowest BCUT2D eigenvalue weighted by molar-refractivity contribution is 0.546. The fourth-order valence-corrected chi connectivity index (χ4v) is 1.21. The molecule has 0 radical (unpaired) electrons. The summed E-state index contributed by atoms with van der Waals surface area (Å²) in [4.78, 5) is 11.2. The smallest absolute Gasteiger partial charge is 0.280 e. The first-order chi connectivity index (χ1) is 6.46. The van der Waals surface area contributed by atoms with Crippen LogP contribution in [0.3, 0.4) is 0 Å². The maximum atomic E-state index is 11.2. The Morgan fingerprint density at radius 1 is 1.64 bits per heavy atom. The molecule has 1 aromatic rings. The zero-order chi connectivity index (χ0) is 10.8. The van der Waals surface area contributed by atoms with Crippen molar-refractivity contribution in [3.63, 3.8) is 0 Å². The molecular formula is C9H14BrN3O. The first-order valence-electron chi connectivity index (χ1n) is 4.47. The average molecular weight is 260 g/mol. The molecular weight excluding hydrogens is 246 g/mol. The number of nitrogens with one attached hydrogen (secondary N) is 2. The summed E-state index contributed by atoms with van der Waals surface area (Å²) in [6.07, 6.45) is 2.56. The van der Waals surface area contributed by atoms with Gasteiger partial charge >= 0.3 is 0 Å². The van der Waals surface area contributed by atoms with Gasteiger partial charge in [0.1, 0.15) is 4.47 Å². The molecule has 0 aliphatic heterocycles. The van der Waals surface area contributed by atoms with Gasteiger partial charge in [-0.3, -0.25) is 4.79 Å². The van der Waals surface area contributed by atoms with E-state index in [2.05, 4.69) is 52.2 Å². The molecule has 5 heteroatoms. The molecule has 0 atom stereocenters. The molecule has 0 fully saturated rings. The Kier molecular flexibility index (Phi) is 3.31. The summed E-state index contributed by atoms with van der Waals surface area (Å²) in [5.74, 6) is 0. The van der Waals surface area contributed by atoms with Crippen molar-refractivity contribution in [2.24, 2.45) is 0 Å². The largest absolute Gasteiger partial charge is 0.378 e. The molecule has 0 aliphatic carbocycles. The highest BCUT2D eigenvalue weighted by atomic mass is 79.9. The number of hydrogen-bond donors (Lipinski definition) is 2. The Labute approximate surface area is 91.2 Å². The highest BCUT2D eigenvalue weighted by Gasteiger charge is 2.16. The van der Waals surface area contributed by atoms with Crippen LogP contribution >= 0.6 is 15.9 Å². The fraction of sp³-hybridized carbons (Fsp3) is 0.556. The van der Waals surface area contributed by atoms with E-state index in [1.165, 1.54) is 0 Å².